The smallest absolute Gasteiger partial charge is 0.248 e. The third kappa shape index (κ3) is 5.31. The molecule has 1 amide bonds. The number of aromatic nitrogens is 1. The minimum atomic E-state index is -0.466. The zero-order chi connectivity index (χ0) is 19.8. The summed E-state index contributed by atoms with van der Waals surface area (Å²) in [5.41, 5.74) is 7.91. The van der Waals surface area contributed by atoms with E-state index in [0.29, 0.717) is 17.2 Å². The summed E-state index contributed by atoms with van der Waals surface area (Å²) < 4.78 is 11.0. The minimum Gasteiger partial charge on any atom is -0.496 e. The first kappa shape index (κ1) is 19.4. The molecule has 0 spiro atoms. The molecule has 3 rings (SSSR count). The molecule has 1 heterocycles. The van der Waals surface area contributed by atoms with Crippen LogP contribution in [0.4, 0.5) is 0 Å². The van der Waals surface area contributed by atoms with Crippen LogP contribution in [-0.2, 0) is 13.0 Å². The quantitative estimate of drug-likeness (QED) is 0.559. The van der Waals surface area contributed by atoms with Crippen molar-refractivity contribution in [2.24, 2.45) is 5.73 Å². The van der Waals surface area contributed by atoms with Crippen LogP contribution < -0.4 is 20.5 Å². The van der Waals surface area contributed by atoms with Crippen molar-refractivity contribution >= 4 is 5.91 Å². The van der Waals surface area contributed by atoms with Crippen molar-refractivity contribution in [3.05, 3.63) is 83.6 Å². The van der Waals surface area contributed by atoms with Gasteiger partial charge in [0.25, 0.3) is 0 Å². The van der Waals surface area contributed by atoms with Gasteiger partial charge in [0.1, 0.15) is 11.5 Å². The topological polar surface area (TPSA) is 86.5 Å². The molecule has 0 radical (unpaired) electrons. The fourth-order valence-corrected chi connectivity index (χ4v) is 2.75. The predicted octanol–water partition coefficient (Wildman–Crippen LogP) is 3.31. The Morgan fingerprint density at radius 1 is 1.07 bits per heavy atom. The van der Waals surface area contributed by atoms with Crippen molar-refractivity contribution in [3.63, 3.8) is 0 Å². The van der Waals surface area contributed by atoms with Crippen LogP contribution in [0, 0.1) is 0 Å². The van der Waals surface area contributed by atoms with Gasteiger partial charge < -0.3 is 20.5 Å². The highest BCUT2D eigenvalue weighted by Gasteiger charge is 2.04. The van der Waals surface area contributed by atoms with Crippen LogP contribution in [0.25, 0.3) is 0 Å². The monoisotopic (exact) mass is 377 g/mol. The molecule has 0 fully saturated rings. The Morgan fingerprint density at radius 2 is 1.86 bits per heavy atom. The van der Waals surface area contributed by atoms with Crippen LogP contribution in [-0.4, -0.2) is 24.5 Å². The number of pyridine rings is 1. The summed E-state index contributed by atoms with van der Waals surface area (Å²) in [6, 6.07) is 18.4. The molecule has 0 aliphatic rings. The van der Waals surface area contributed by atoms with E-state index in [1.165, 1.54) is 5.56 Å². The fraction of sp³-hybridized carbons (Fsp3) is 0.182. The first-order valence-corrected chi connectivity index (χ1v) is 9.01. The Morgan fingerprint density at radius 3 is 2.54 bits per heavy atom. The highest BCUT2D eigenvalue weighted by Crippen LogP contribution is 2.20. The Labute approximate surface area is 164 Å². The van der Waals surface area contributed by atoms with Gasteiger partial charge in [-0.25, -0.2) is 4.98 Å². The number of benzene rings is 2. The molecular weight excluding hydrogens is 354 g/mol. The zero-order valence-corrected chi connectivity index (χ0v) is 15.7. The van der Waals surface area contributed by atoms with Gasteiger partial charge in [0.2, 0.25) is 11.8 Å². The van der Waals surface area contributed by atoms with E-state index in [0.717, 1.165) is 30.8 Å². The second kappa shape index (κ2) is 9.53. The molecule has 0 aliphatic carbocycles. The van der Waals surface area contributed by atoms with Crippen LogP contribution in [0.2, 0.25) is 0 Å². The van der Waals surface area contributed by atoms with E-state index < -0.39 is 5.91 Å². The third-order valence-electron chi connectivity index (χ3n) is 4.25. The van der Waals surface area contributed by atoms with Gasteiger partial charge in [-0.3, -0.25) is 4.79 Å². The van der Waals surface area contributed by atoms with E-state index in [2.05, 4.69) is 16.4 Å². The van der Waals surface area contributed by atoms with Gasteiger partial charge in [-0.1, -0.05) is 24.3 Å². The molecule has 0 unspecified atom stereocenters. The summed E-state index contributed by atoms with van der Waals surface area (Å²) in [5, 5.41) is 3.41. The van der Waals surface area contributed by atoms with Gasteiger partial charge in [-0.15, -0.1) is 0 Å². The van der Waals surface area contributed by atoms with Crippen LogP contribution >= 0.6 is 0 Å². The Balaban J connectivity index is 1.47. The number of hydrogen-bond acceptors (Lipinski definition) is 5. The van der Waals surface area contributed by atoms with Crippen molar-refractivity contribution in [1.29, 1.82) is 0 Å². The van der Waals surface area contributed by atoms with Crippen molar-refractivity contribution in [2.75, 3.05) is 13.7 Å². The second-order valence-corrected chi connectivity index (χ2v) is 6.23. The highest BCUT2D eigenvalue weighted by molar-refractivity contribution is 5.92. The number of carbonyl (C=O) groups excluding carboxylic acids is 1. The molecule has 1 aromatic heterocycles. The Bertz CT molecular complexity index is 909. The number of nitrogens with two attached hydrogens (primary N) is 1. The van der Waals surface area contributed by atoms with E-state index in [9.17, 15) is 4.79 Å². The molecule has 28 heavy (non-hydrogen) atoms. The second-order valence-electron chi connectivity index (χ2n) is 6.23. The van der Waals surface area contributed by atoms with Crippen molar-refractivity contribution in [2.45, 2.75) is 13.0 Å². The molecule has 3 aromatic rings. The molecule has 0 aliphatic heterocycles. The molecule has 0 bridgehead atoms. The minimum absolute atomic E-state index is 0.440. The lowest BCUT2D eigenvalue weighted by atomic mass is 10.1. The molecule has 3 N–H and O–H groups in total. The fourth-order valence-electron chi connectivity index (χ4n) is 2.75. The molecule has 6 heteroatoms. The van der Waals surface area contributed by atoms with Gasteiger partial charge in [0, 0.05) is 24.4 Å². The summed E-state index contributed by atoms with van der Waals surface area (Å²) >= 11 is 0. The van der Waals surface area contributed by atoms with Crippen molar-refractivity contribution < 1.29 is 14.3 Å². The average Bonchev–Trinajstić information content (AvgIpc) is 2.73. The lowest BCUT2D eigenvalue weighted by Gasteiger charge is -2.09. The first-order chi connectivity index (χ1) is 13.7. The lowest BCUT2D eigenvalue weighted by Crippen LogP contribution is -2.17. The van der Waals surface area contributed by atoms with Crippen LogP contribution in [0.1, 0.15) is 21.5 Å². The van der Waals surface area contributed by atoms with E-state index in [1.54, 1.807) is 37.6 Å². The summed E-state index contributed by atoms with van der Waals surface area (Å²) in [7, 11) is 1.69. The largest absolute Gasteiger partial charge is 0.496 e. The highest BCUT2D eigenvalue weighted by atomic mass is 16.5. The molecule has 0 atom stereocenters. The average molecular weight is 377 g/mol. The molecular formula is C22H23N3O3. The van der Waals surface area contributed by atoms with E-state index in [4.69, 9.17) is 15.2 Å². The van der Waals surface area contributed by atoms with Gasteiger partial charge in [-0.05, 0) is 54.4 Å². The zero-order valence-electron chi connectivity index (χ0n) is 15.7. The first-order valence-electron chi connectivity index (χ1n) is 9.01. The maximum absolute atomic E-state index is 11.1. The number of primary amides is 1. The van der Waals surface area contributed by atoms with E-state index in [1.807, 2.05) is 30.3 Å². The Hall–Kier alpha value is -3.38. The SMILES string of the molecule is COc1ccccc1CCNCc1ccc(Oc2ccc(C(N)=O)cc2)nc1. The standard InChI is InChI=1S/C22H23N3O3/c1-27-20-5-3-2-4-17(20)12-13-24-14-16-6-11-21(25-15-16)28-19-9-7-18(8-10-19)22(23)26/h2-11,15,24H,12-14H2,1H3,(H2,23,26). The van der Waals surface area contributed by atoms with Gasteiger partial charge >= 0.3 is 0 Å². The number of carbonyl (C=O) groups is 1. The van der Waals surface area contributed by atoms with Gasteiger partial charge in [0.05, 0.1) is 7.11 Å². The molecule has 2 aromatic carbocycles. The van der Waals surface area contributed by atoms with Gasteiger partial charge in [-0.2, -0.15) is 0 Å². The van der Waals surface area contributed by atoms with Crippen LogP contribution in [0.15, 0.2) is 66.9 Å². The van der Waals surface area contributed by atoms with E-state index >= 15 is 0 Å². The summed E-state index contributed by atoms with van der Waals surface area (Å²) in [4.78, 5) is 15.4. The van der Waals surface area contributed by atoms with Crippen molar-refractivity contribution in [1.82, 2.24) is 10.3 Å². The molecule has 0 saturated carbocycles. The predicted molar refractivity (Wildman–Crippen MR) is 108 cm³/mol. The normalized spacial score (nSPS) is 10.5. The number of nitrogens with one attached hydrogen (secondary N) is 1. The summed E-state index contributed by atoms with van der Waals surface area (Å²) in [6.45, 7) is 1.56. The molecule has 144 valence electrons. The Kier molecular flexibility index (Phi) is 6.59. The number of rotatable bonds is 9. The van der Waals surface area contributed by atoms with E-state index in [-0.39, 0.29) is 0 Å². The number of methoxy groups -OCH3 is 1. The van der Waals surface area contributed by atoms with Crippen molar-refractivity contribution in [3.8, 4) is 17.4 Å². The number of nitrogens with zero attached hydrogens (tertiary/aromatic N) is 1. The lowest BCUT2D eigenvalue weighted by molar-refractivity contribution is 0.100. The number of hydrogen-bond donors (Lipinski definition) is 2. The maximum Gasteiger partial charge on any atom is 0.248 e. The third-order valence-corrected chi connectivity index (χ3v) is 4.25. The van der Waals surface area contributed by atoms with Crippen LogP contribution in [0.3, 0.4) is 0 Å². The summed E-state index contributed by atoms with van der Waals surface area (Å²) in [6.07, 6.45) is 2.67. The summed E-state index contributed by atoms with van der Waals surface area (Å²) in [5.74, 6) is 1.54. The van der Waals surface area contributed by atoms with Crippen LogP contribution in [0.5, 0.6) is 17.4 Å². The van der Waals surface area contributed by atoms with Gasteiger partial charge in [0.15, 0.2) is 0 Å². The molecule has 6 nitrogen and oxygen atoms in total. The molecule has 0 saturated heterocycles. The number of para-hydroxylation sites is 1. The number of ether oxygens (including phenoxy) is 2. The maximum atomic E-state index is 11.1. The number of amides is 1.